The van der Waals surface area contributed by atoms with Gasteiger partial charge in [-0.05, 0) is 71.8 Å². The van der Waals surface area contributed by atoms with Gasteiger partial charge in [0.15, 0.2) is 5.65 Å². The number of nitrogens with zero attached hydrogens (tertiary/aromatic N) is 3. The molecular weight excluding hydrogens is 375 g/mol. The van der Waals surface area contributed by atoms with E-state index in [0.717, 1.165) is 28.8 Å². The second kappa shape index (κ2) is 5.63. The standard InChI is InChI=1S/C16H17IN4/c1-10-6-13(17)4-5-15(10)18-8-12-7-14-11(2)20-21(3)16(14)19-9-12/h4-7,9,18H,8H2,1-3H3. The van der Waals surface area contributed by atoms with Gasteiger partial charge < -0.3 is 5.32 Å². The SMILES string of the molecule is Cc1cc(I)ccc1NCc1cnc2c(c1)c(C)nn2C. The van der Waals surface area contributed by atoms with Crippen LogP contribution >= 0.6 is 22.6 Å². The zero-order valence-electron chi connectivity index (χ0n) is 12.3. The molecule has 3 rings (SSSR count). The molecule has 0 radical (unpaired) electrons. The molecule has 0 saturated heterocycles. The summed E-state index contributed by atoms with van der Waals surface area (Å²) in [5.74, 6) is 0. The fourth-order valence-electron chi connectivity index (χ4n) is 2.47. The predicted molar refractivity (Wildman–Crippen MR) is 94.5 cm³/mol. The van der Waals surface area contributed by atoms with Gasteiger partial charge in [0.2, 0.25) is 0 Å². The van der Waals surface area contributed by atoms with E-state index in [2.05, 4.69) is 69.2 Å². The minimum Gasteiger partial charge on any atom is -0.381 e. The van der Waals surface area contributed by atoms with Crippen LogP contribution < -0.4 is 5.32 Å². The van der Waals surface area contributed by atoms with Gasteiger partial charge in [-0.15, -0.1) is 0 Å². The van der Waals surface area contributed by atoms with Crippen molar-refractivity contribution in [2.75, 3.05) is 5.32 Å². The van der Waals surface area contributed by atoms with Crippen LogP contribution in [0.3, 0.4) is 0 Å². The Balaban J connectivity index is 1.83. The Bertz CT molecular complexity index is 807. The molecular formula is C16H17IN4. The van der Waals surface area contributed by atoms with Gasteiger partial charge in [-0.1, -0.05) is 0 Å². The molecule has 0 fully saturated rings. The normalized spacial score (nSPS) is 11.0. The maximum absolute atomic E-state index is 4.51. The number of hydrogen-bond acceptors (Lipinski definition) is 3. The molecule has 0 aliphatic carbocycles. The highest BCUT2D eigenvalue weighted by Crippen LogP contribution is 2.20. The molecule has 1 aromatic carbocycles. The average molecular weight is 392 g/mol. The Morgan fingerprint density at radius 2 is 2.05 bits per heavy atom. The fourth-order valence-corrected chi connectivity index (χ4v) is 3.12. The summed E-state index contributed by atoms with van der Waals surface area (Å²) in [6.45, 7) is 4.90. The van der Waals surface area contributed by atoms with Gasteiger partial charge in [-0.2, -0.15) is 5.10 Å². The quantitative estimate of drug-likeness (QED) is 0.690. The first-order chi connectivity index (χ1) is 10.0. The van der Waals surface area contributed by atoms with Crippen molar-refractivity contribution in [1.29, 1.82) is 0 Å². The van der Waals surface area contributed by atoms with E-state index in [0.29, 0.717) is 0 Å². The highest BCUT2D eigenvalue weighted by Gasteiger charge is 2.07. The number of anilines is 1. The summed E-state index contributed by atoms with van der Waals surface area (Å²) < 4.78 is 3.08. The summed E-state index contributed by atoms with van der Waals surface area (Å²) in [5, 5.41) is 9.00. The Kier molecular flexibility index (Phi) is 3.84. The van der Waals surface area contributed by atoms with Crippen LogP contribution in [0.5, 0.6) is 0 Å². The minimum atomic E-state index is 0.763. The Morgan fingerprint density at radius 3 is 2.81 bits per heavy atom. The van der Waals surface area contributed by atoms with Crippen molar-refractivity contribution in [2.24, 2.45) is 7.05 Å². The lowest BCUT2D eigenvalue weighted by Crippen LogP contribution is -2.02. The molecule has 0 unspecified atom stereocenters. The van der Waals surface area contributed by atoms with Crippen LogP contribution in [0, 0.1) is 17.4 Å². The molecule has 0 spiro atoms. The van der Waals surface area contributed by atoms with Crippen LogP contribution in [0.25, 0.3) is 11.0 Å². The summed E-state index contributed by atoms with van der Waals surface area (Å²) in [7, 11) is 1.93. The average Bonchev–Trinajstić information content (AvgIpc) is 2.73. The molecule has 3 aromatic rings. The summed E-state index contributed by atoms with van der Waals surface area (Å²) in [4.78, 5) is 4.51. The van der Waals surface area contributed by atoms with Gasteiger partial charge in [0, 0.05) is 34.4 Å². The maximum atomic E-state index is 4.51. The van der Waals surface area contributed by atoms with E-state index in [1.165, 1.54) is 14.8 Å². The number of aromatic nitrogens is 3. The van der Waals surface area contributed by atoms with E-state index >= 15 is 0 Å². The number of benzene rings is 1. The lowest BCUT2D eigenvalue weighted by molar-refractivity contribution is 0.773. The summed E-state index contributed by atoms with van der Waals surface area (Å²) in [6, 6.07) is 8.58. The first-order valence-electron chi connectivity index (χ1n) is 6.83. The van der Waals surface area contributed by atoms with Crippen LogP contribution in [-0.2, 0) is 13.6 Å². The van der Waals surface area contributed by atoms with Crippen molar-refractivity contribution in [3.8, 4) is 0 Å². The van der Waals surface area contributed by atoms with Crippen LogP contribution in [-0.4, -0.2) is 14.8 Å². The largest absolute Gasteiger partial charge is 0.381 e. The summed E-state index contributed by atoms with van der Waals surface area (Å²) in [5.41, 5.74) is 5.54. The van der Waals surface area contributed by atoms with Crippen molar-refractivity contribution >= 4 is 39.3 Å². The van der Waals surface area contributed by atoms with Crippen molar-refractivity contribution in [3.63, 3.8) is 0 Å². The number of nitrogens with one attached hydrogen (secondary N) is 1. The van der Waals surface area contributed by atoms with Gasteiger partial charge in [-0.3, -0.25) is 4.68 Å². The number of rotatable bonds is 3. The van der Waals surface area contributed by atoms with E-state index in [9.17, 15) is 0 Å². The molecule has 5 heteroatoms. The monoisotopic (exact) mass is 392 g/mol. The Labute approximate surface area is 137 Å². The molecule has 2 heterocycles. The number of pyridine rings is 1. The van der Waals surface area contributed by atoms with E-state index in [4.69, 9.17) is 0 Å². The second-order valence-corrected chi connectivity index (χ2v) is 6.48. The number of halogens is 1. The van der Waals surface area contributed by atoms with E-state index in [1.54, 1.807) is 0 Å². The smallest absolute Gasteiger partial charge is 0.157 e. The van der Waals surface area contributed by atoms with E-state index < -0.39 is 0 Å². The second-order valence-electron chi connectivity index (χ2n) is 5.24. The van der Waals surface area contributed by atoms with E-state index in [1.807, 2.05) is 24.9 Å². The van der Waals surface area contributed by atoms with Crippen LogP contribution in [0.15, 0.2) is 30.5 Å². The van der Waals surface area contributed by atoms with Gasteiger partial charge in [0.1, 0.15) is 0 Å². The molecule has 1 N–H and O–H groups in total. The minimum absolute atomic E-state index is 0.763. The highest BCUT2D eigenvalue weighted by molar-refractivity contribution is 14.1. The zero-order valence-corrected chi connectivity index (χ0v) is 14.5. The van der Waals surface area contributed by atoms with Crippen molar-refractivity contribution in [1.82, 2.24) is 14.8 Å². The number of aryl methyl sites for hydroxylation is 3. The highest BCUT2D eigenvalue weighted by atomic mass is 127. The third-order valence-electron chi connectivity index (χ3n) is 3.59. The lowest BCUT2D eigenvalue weighted by Gasteiger charge is -2.10. The topological polar surface area (TPSA) is 42.7 Å². The van der Waals surface area contributed by atoms with Gasteiger partial charge in [0.25, 0.3) is 0 Å². The molecule has 0 aliphatic heterocycles. The third kappa shape index (κ3) is 2.88. The van der Waals surface area contributed by atoms with Gasteiger partial charge in [-0.25, -0.2) is 4.98 Å². The van der Waals surface area contributed by atoms with Crippen LogP contribution in [0.1, 0.15) is 16.8 Å². The molecule has 21 heavy (non-hydrogen) atoms. The predicted octanol–water partition coefficient (Wildman–Crippen LogP) is 3.80. The Hall–Kier alpha value is -1.63. The van der Waals surface area contributed by atoms with Gasteiger partial charge in [0.05, 0.1) is 5.69 Å². The van der Waals surface area contributed by atoms with Gasteiger partial charge >= 0.3 is 0 Å². The molecule has 0 saturated carbocycles. The summed E-state index contributed by atoms with van der Waals surface area (Å²) in [6.07, 6.45) is 1.92. The summed E-state index contributed by atoms with van der Waals surface area (Å²) >= 11 is 2.33. The fraction of sp³-hybridized carbons (Fsp3) is 0.250. The molecule has 0 aliphatic rings. The van der Waals surface area contributed by atoms with E-state index in [-0.39, 0.29) is 0 Å². The molecule has 0 amide bonds. The number of fused-ring (bicyclic) bond motifs is 1. The molecule has 0 bridgehead atoms. The first-order valence-corrected chi connectivity index (χ1v) is 7.91. The number of hydrogen-bond donors (Lipinski definition) is 1. The van der Waals surface area contributed by atoms with Crippen LogP contribution in [0.4, 0.5) is 5.69 Å². The maximum Gasteiger partial charge on any atom is 0.157 e. The first kappa shape index (κ1) is 14.3. The van der Waals surface area contributed by atoms with Crippen molar-refractivity contribution in [2.45, 2.75) is 20.4 Å². The molecule has 2 aromatic heterocycles. The van der Waals surface area contributed by atoms with Crippen molar-refractivity contribution < 1.29 is 0 Å². The molecule has 108 valence electrons. The molecule has 0 atom stereocenters. The molecule has 4 nitrogen and oxygen atoms in total. The lowest BCUT2D eigenvalue weighted by atomic mass is 10.1. The Morgan fingerprint density at radius 1 is 1.24 bits per heavy atom. The third-order valence-corrected chi connectivity index (χ3v) is 4.26. The van der Waals surface area contributed by atoms with Crippen LogP contribution in [0.2, 0.25) is 0 Å². The van der Waals surface area contributed by atoms with Crippen molar-refractivity contribution in [3.05, 3.63) is 50.9 Å². The zero-order chi connectivity index (χ0) is 15.0.